The highest BCUT2D eigenvalue weighted by molar-refractivity contribution is 5.96. The molecule has 3 N–H and O–H groups in total. The third-order valence-electron chi connectivity index (χ3n) is 4.78. The third-order valence-corrected chi connectivity index (χ3v) is 4.78. The summed E-state index contributed by atoms with van der Waals surface area (Å²) in [4.78, 5) is 43.4. The Balaban J connectivity index is 2.36. The van der Waals surface area contributed by atoms with Gasteiger partial charge in [-0.2, -0.15) is 0 Å². The number of rotatable bonds is 8. The number of amides is 1. The Bertz CT molecular complexity index is 719. The first-order chi connectivity index (χ1) is 12.5. The summed E-state index contributed by atoms with van der Waals surface area (Å²) in [6, 6.07) is 0. The molecule has 8 heteroatoms. The molecule has 26 heavy (non-hydrogen) atoms. The van der Waals surface area contributed by atoms with Gasteiger partial charge < -0.3 is 10.6 Å². The standard InChI is InChI=1S/C18H31N5O3/c1-3-5-12-22(14(24)13-21-10-7-6-8-11-21)15-16(19)23(9-4-2)18(26)20-17(15)25/h3-13,19H2,1-2H3,(H,20,25,26). The number of carbonyl (C=O) groups excluding carboxylic acids is 1. The molecule has 146 valence electrons. The van der Waals surface area contributed by atoms with Crippen LogP contribution in [0.2, 0.25) is 0 Å². The van der Waals surface area contributed by atoms with Crippen LogP contribution >= 0.6 is 0 Å². The number of nitrogens with zero attached hydrogens (tertiary/aromatic N) is 3. The van der Waals surface area contributed by atoms with Crippen molar-refractivity contribution in [1.29, 1.82) is 0 Å². The molecule has 1 aromatic rings. The summed E-state index contributed by atoms with van der Waals surface area (Å²) in [6.07, 6.45) is 5.72. The molecule has 0 saturated carbocycles. The Morgan fingerprint density at radius 3 is 2.46 bits per heavy atom. The molecule has 2 rings (SSSR count). The van der Waals surface area contributed by atoms with Crippen LogP contribution in [-0.2, 0) is 11.3 Å². The normalized spacial score (nSPS) is 15.2. The summed E-state index contributed by atoms with van der Waals surface area (Å²) in [5.41, 5.74) is 5.13. The Labute approximate surface area is 154 Å². The van der Waals surface area contributed by atoms with Crippen LogP contribution in [0.25, 0.3) is 0 Å². The summed E-state index contributed by atoms with van der Waals surface area (Å²) >= 11 is 0. The zero-order chi connectivity index (χ0) is 19.1. The molecule has 2 heterocycles. The van der Waals surface area contributed by atoms with Crippen LogP contribution in [0.4, 0.5) is 11.5 Å². The van der Waals surface area contributed by atoms with E-state index in [2.05, 4.69) is 9.88 Å². The van der Waals surface area contributed by atoms with Crippen molar-refractivity contribution in [3.8, 4) is 0 Å². The van der Waals surface area contributed by atoms with Gasteiger partial charge in [0.15, 0.2) is 5.69 Å². The average molecular weight is 365 g/mol. The monoisotopic (exact) mass is 365 g/mol. The van der Waals surface area contributed by atoms with E-state index in [4.69, 9.17) is 5.73 Å². The van der Waals surface area contributed by atoms with Gasteiger partial charge in [-0.3, -0.25) is 24.0 Å². The molecule has 1 aliphatic heterocycles. The van der Waals surface area contributed by atoms with Crippen molar-refractivity contribution in [2.45, 2.75) is 58.9 Å². The number of carbonyl (C=O) groups is 1. The molecule has 1 fully saturated rings. The SMILES string of the molecule is CCCCN(C(=O)CN1CCCCC1)c1c(N)n(CCC)c(=O)[nH]c1=O. The number of H-pyrrole nitrogens is 1. The number of unbranched alkanes of at least 4 members (excludes halogenated alkanes) is 1. The predicted octanol–water partition coefficient (Wildman–Crippen LogP) is 1.15. The Kier molecular flexibility index (Phi) is 7.44. The minimum atomic E-state index is -0.594. The largest absolute Gasteiger partial charge is 0.383 e. The molecule has 0 aliphatic carbocycles. The molecule has 1 aliphatic rings. The lowest BCUT2D eigenvalue weighted by Crippen LogP contribution is -2.46. The topological polar surface area (TPSA) is 104 Å². The molecular weight excluding hydrogens is 334 g/mol. The number of likely N-dealkylation sites (tertiary alicyclic amines) is 1. The maximum Gasteiger partial charge on any atom is 0.330 e. The van der Waals surface area contributed by atoms with Gasteiger partial charge in [0, 0.05) is 13.1 Å². The van der Waals surface area contributed by atoms with E-state index in [1.54, 1.807) is 0 Å². The van der Waals surface area contributed by atoms with Crippen LogP contribution in [0, 0.1) is 0 Å². The van der Waals surface area contributed by atoms with E-state index in [-0.39, 0.29) is 24.0 Å². The third kappa shape index (κ3) is 4.75. The van der Waals surface area contributed by atoms with Crippen LogP contribution in [0.5, 0.6) is 0 Å². The second-order valence-corrected chi connectivity index (χ2v) is 6.88. The molecule has 0 atom stereocenters. The van der Waals surface area contributed by atoms with Crippen molar-refractivity contribution in [3.63, 3.8) is 0 Å². The van der Waals surface area contributed by atoms with E-state index in [0.717, 1.165) is 38.8 Å². The maximum absolute atomic E-state index is 13.0. The number of nitrogen functional groups attached to an aromatic ring is 1. The minimum Gasteiger partial charge on any atom is -0.383 e. The van der Waals surface area contributed by atoms with Gasteiger partial charge in [-0.05, 0) is 38.8 Å². The highest BCUT2D eigenvalue weighted by Crippen LogP contribution is 2.19. The maximum atomic E-state index is 13.0. The van der Waals surface area contributed by atoms with Crippen molar-refractivity contribution in [3.05, 3.63) is 20.8 Å². The van der Waals surface area contributed by atoms with Gasteiger partial charge >= 0.3 is 5.69 Å². The van der Waals surface area contributed by atoms with E-state index >= 15 is 0 Å². The molecule has 1 amide bonds. The lowest BCUT2D eigenvalue weighted by Gasteiger charge is -2.30. The summed E-state index contributed by atoms with van der Waals surface area (Å²) in [5.74, 6) is -0.0667. The van der Waals surface area contributed by atoms with Gasteiger partial charge in [0.2, 0.25) is 5.91 Å². The van der Waals surface area contributed by atoms with E-state index in [1.165, 1.54) is 15.9 Å². The van der Waals surface area contributed by atoms with Gasteiger partial charge in [0.05, 0.1) is 6.54 Å². The van der Waals surface area contributed by atoms with E-state index < -0.39 is 11.2 Å². The fourth-order valence-electron chi connectivity index (χ4n) is 3.36. The zero-order valence-electron chi connectivity index (χ0n) is 15.9. The molecular formula is C18H31N5O3. The van der Waals surface area contributed by atoms with E-state index in [0.29, 0.717) is 19.5 Å². The fourth-order valence-corrected chi connectivity index (χ4v) is 3.36. The second-order valence-electron chi connectivity index (χ2n) is 6.88. The summed E-state index contributed by atoms with van der Waals surface area (Å²) in [7, 11) is 0. The molecule has 0 radical (unpaired) electrons. The van der Waals surface area contributed by atoms with Gasteiger partial charge in [0.25, 0.3) is 5.56 Å². The second kappa shape index (κ2) is 9.56. The van der Waals surface area contributed by atoms with Crippen molar-refractivity contribution in [2.75, 3.05) is 36.8 Å². The van der Waals surface area contributed by atoms with Crippen molar-refractivity contribution >= 4 is 17.4 Å². The molecule has 8 nitrogen and oxygen atoms in total. The van der Waals surface area contributed by atoms with E-state index in [9.17, 15) is 14.4 Å². The summed E-state index contributed by atoms with van der Waals surface area (Å²) in [6.45, 7) is 6.83. The van der Waals surface area contributed by atoms with Crippen LogP contribution < -0.4 is 21.9 Å². The highest BCUT2D eigenvalue weighted by Gasteiger charge is 2.25. The zero-order valence-corrected chi connectivity index (χ0v) is 15.9. The van der Waals surface area contributed by atoms with Crippen LogP contribution in [-0.4, -0.2) is 46.5 Å². The minimum absolute atomic E-state index is 0.0729. The number of hydrogen-bond acceptors (Lipinski definition) is 5. The van der Waals surface area contributed by atoms with Gasteiger partial charge in [-0.1, -0.05) is 26.7 Å². The average Bonchev–Trinajstić information content (AvgIpc) is 2.62. The van der Waals surface area contributed by atoms with Gasteiger partial charge in [0.1, 0.15) is 5.82 Å². The molecule has 1 aromatic heterocycles. The van der Waals surface area contributed by atoms with Crippen LogP contribution in [0.3, 0.4) is 0 Å². The first-order valence-corrected chi connectivity index (χ1v) is 9.64. The number of nitrogens with one attached hydrogen (secondary N) is 1. The molecule has 0 unspecified atom stereocenters. The Morgan fingerprint density at radius 2 is 1.85 bits per heavy atom. The predicted molar refractivity (Wildman–Crippen MR) is 104 cm³/mol. The van der Waals surface area contributed by atoms with Gasteiger partial charge in [-0.25, -0.2) is 4.79 Å². The summed E-state index contributed by atoms with van der Waals surface area (Å²) in [5, 5.41) is 0. The van der Waals surface area contributed by atoms with Crippen molar-refractivity contribution in [1.82, 2.24) is 14.5 Å². The number of nitrogens with two attached hydrogens (primary N) is 1. The van der Waals surface area contributed by atoms with Crippen LogP contribution in [0.15, 0.2) is 9.59 Å². The highest BCUT2D eigenvalue weighted by atomic mass is 16.2. The lowest BCUT2D eigenvalue weighted by molar-refractivity contribution is -0.120. The molecule has 0 spiro atoms. The first-order valence-electron chi connectivity index (χ1n) is 9.64. The lowest BCUT2D eigenvalue weighted by atomic mass is 10.1. The smallest absolute Gasteiger partial charge is 0.330 e. The molecule has 0 aromatic carbocycles. The van der Waals surface area contributed by atoms with Crippen molar-refractivity contribution < 1.29 is 4.79 Å². The number of anilines is 2. The fraction of sp³-hybridized carbons (Fsp3) is 0.722. The van der Waals surface area contributed by atoms with Gasteiger partial charge in [-0.15, -0.1) is 0 Å². The number of aromatic nitrogens is 2. The van der Waals surface area contributed by atoms with Crippen LogP contribution in [0.1, 0.15) is 52.4 Å². The molecule has 0 bridgehead atoms. The van der Waals surface area contributed by atoms with E-state index in [1.807, 2.05) is 13.8 Å². The summed E-state index contributed by atoms with van der Waals surface area (Å²) < 4.78 is 1.34. The first kappa shape index (κ1) is 20.2. The Hall–Kier alpha value is -2.09. The number of hydrogen-bond donors (Lipinski definition) is 2. The quantitative estimate of drug-likeness (QED) is 0.719. The Morgan fingerprint density at radius 1 is 1.15 bits per heavy atom. The molecule has 1 saturated heterocycles. The van der Waals surface area contributed by atoms with Crippen molar-refractivity contribution in [2.24, 2.45) is 0 Å². The number of piperidine rings is 1. The number of aromatic amines is 1.